The number of para-hydroxylation sites is 1. The number of furan rings is 1. The highest BCUT2D eigenvalue weighted by Gasteiger charge is 2.19. The maximum Gasteiger partial charge on any atom is 0.251 e. The molecule has 2 heterocycles. The number of hydrogen-bond acceptors (Lipinski definition) is 5. The van der Waals surface area contributed by atoms with Crippen LogP contribution in [0, 0.1) is 20.8 Å². The first-order valence-corrected chi connectivity index (χ1v) is 12.3. The smallest absolute Gasteiger partial charge is 0.251 e. The van der Waals surface area contributed by atoms with Gasteiger partial charge in [-0.25, -0.2) is 17.8 Å². The molecule has 0 saturated heterocycles. The molecular weight excluding hydrogens is 452 g/mol. The van der Waals surface area contributed by atoms with Gasteiger partial charge in [0.25, 0.3) is 5.91 Å². The summed E-state index contributed by atoms with van der Waals surface area (Å²) in [7, 11) is -3.82. The molecule has 2 aromatic carbocycles. The molecule has 2 N–H and O–H groups in total. The van der Waals surface area contributed by atoms with E-state index in [1.54, 1.807) is 25.1 Å². The lowest BCUT2D eigenvalue weighted by molar-refractivity contribution is 0.0950. The molecular formula is C25H26N4O4S. The van der Waals surface area contributed by atoms with Crippen LogP contribution in [-0.4, -0.2) is 24.1 Å². The summed E-state index contributed by atoms with van der Waals surface area (Å²) >= 11 is 0. The van der Waals surface area contributed by atoms with Gasteiger partial charge in [-0.05, 0) is 62.7 Å². The Kier molecular flexibility index (Phi) is 6.67. The average Bonchev–Trinajstić information content (AvgIpc) is 3.45. The summed E-state index contributed by atoms with van der Waals surface area (Å²) in [6, 6.07) is 17.6. The van der Waals surface area contributed by atoms with Crippen molar-refractivity contribution in [1.82, 2.24) is 19.8 Å². The van der Waals surface area contributed by atoms with Gasteiger partial charge in [-0.15, -0.1) is 0 Å². The first kappa shape index (κ1) is 23.5. The number of rotatable bonds is 8. The third kappa shape index (κ3) is 4.95. The van der Waals surface area contributed by atoms with E-state index in [0.717, 1.165) is 22.6 Å². The third-order valence-corrected chi connectivity index (χ3v) is 7.05. The van der Waals surface area contributed by atoms with Gasteiger partial charge in [0.1, 0.15) is 5.76 Å². The molecule has 8 nitrogen and oxygen atoms in total. The second-order valence-corrected chi connectivity index (χ2v) is 9.73. The van der Waals surface area contributed by atoms with Crippen molar-refractivity contribution in [2.24, 2.45) is 0 Å². The molecule has 2 aromatic heterocycles. The third-order valence-electron chi connectivity index (χ3n) is 5.65. The quantitative estimate of drug-likeness (QED) is 0.401. The lowest BCUT2D eigenvalue weighted by Crippen LogP contribution is -2.26. The minimum absolute atomic E-state index is 0.0130. The number of aromatic nitrogens is 2. The molecule has 0 radical (unpaired) electrons. The van der Waals surface area contributed by atoms with Crippen molar-refractivity contribution in [1.29, 1.82) is 0 Å². The van der Waals surface area contributed by atoms with Gasteiger partial charge in [0.05, 0.1) is 29.1 Å². The molecule has 0 fully saturated rings. The van der Waals surface area contributed by atoms with E-state index in [2.05, 4.69) is 15.1 Å². The van der Waals surface area contributed by atoms with Gasteiger partial charge >= 0.3 is 0 Å². The molecule has 0 saturated carbocycles. The van der Waals surface area contributed by atoms with Crippen molar-refractivity contribution in [2.75, 3.05) is 0 Å². The molecule has 0 atom stereocenters. The second kappa shape index (κ2) is 9.66. The van der Waals surface area contributed by atoms with Crippen molar-refractivity contribution >= 4 is 15.9 Å². The minimum Gasteiger partial charge on any atom is -0.468 e. The van der Waals surface area contributed by atoms with Crippen molar-refractivity contribution in [3.63, 3.8) is 0 Å². The number of nitrogens with one attached hydrogen (secondary N) is 2. The minimum atomic E-state index is -3.82. The molecule has 0 aliphatic heterocycles. The van der Waals surface area contributed by atoms with Crippen molar-refractivity contribution < 1.29 is 17.6 Å². The Morgan fingerprint density at radius 3 is 2.47 bits per heavy atom. The summed E-state index contributed by atoms with van der Waals surface area (Å²) in [5, 5.41) is 7.52. The Balaban J connectivity index is 1.50. The SMILES string of the molecule is Cc1ccc(S(=O)(=O)NCc2ccco2)cc1C(=O)NCc1c(C)nn(-c2ccccc2)c1C. The second-order valence-electron chi connectivity index (χ2n) is 7.96. The number of sulfonamides is 1. The van der Waals surface area contributed by atoms with Crippen LogP contribution in [0.25, 0.3) is 5.69 Å². The number of carbonyl (C=O) groups is 1. The Bertz CT molecular complexity index is 1410. The number of benzene rings is 2. The van der Waals surface area contributed by atoms with E-state index in [9.17, 15) is 13.2 Å². The van der Waals surface area contributed by atoms with Crippen LogP contribution in [0.4, 0.5) is 0 Å². The summed E-state index contributed by atoms with van der Waals surface area (Å²) in [6.07, 6.45) is 1.48. The number of hydrogen-bond donors (Lipinski definition) is 2. The van der Waals surface area contributed by atoms with E-state index in [1.807, 2.05) is 48.9 Å². The molecule has 0 aliphatic carbocycles. The first-order chi connectivity index (χ1) is 16.3. The van der Waals surface area contributed by atoms with Crippen LogP contribution in [0.2, 0.25) is 0 Å². The van der Waals surface area contributed by atoms with E-state index in [1.165, 1.54) is 18.4 Å². The van der Waals surface area contributed by atoms with Crippen LogP contribution in [-0.2, 0) is 23.1 Å². The summed E-state index contributed by atoms with van der Waals surface area (Å²) in [6.45, 7) is 5.92. The zero-order valence-electron chi connectivity index (χ0n) is 19.2. The molecule has 1 amide bonds. The van der Waals surface area contributed by atoms with E-state index in [4.69, 9.17) is 4.42 Å². The predicted molar refractivity (Wildman–Crippen MR) is 128 cm³/mol. The monoisotopic (exact) mass is 478 g/mol. The summed E-state index contributed by atoms with van der Waals surface area (Å²) in [5.41, 5.74) is 4.58. The molecule has 0 spiro atoms. The number of aryl methyl sites for hydroxylation is 2. The average molecular weight is 479 g/mol. The molecule has 0 unspecified atom stereocenters. The van der Waals surface area contributed by atoms with E-state index in [0.29, 0.717) is 16.9 Å². The first-order valence-electron chi connectivity index (χ1n) is 10.8. The van der Waals surface area contributed by atoms with Crippen molar-refractivity contribution in [3.05, 3.63) is 101 Å². The Morgan fingerprint density at radius 1 is 1.00 bits per heavy atom. The zero-order chi connectivity index (χ0) is 24.3. The molecule has 9 heteroatoms. The van der Waals surface area contributed by atoms with Gasteiger partial charge in [0.15, 0.2) is 0 Å². The van der Waals surface area contributed by atoms with Gasteiger partial charge in [0, 0.05) is 23.4 Å². The highest BCUT2D eigenvalue weighted by Crippen LogP contribution is 2.19. The Hall–Kier alpha value is -3.69. The standard InChI is InChI=1S/C25H26N4O4S/c1-17-11-12-22(34(31,32)27-15-21-10-7-13-33-21)14-23(17)25(30)26-16-24-18(2)28-29(19(24)3)20-8-5-4-6-9-20/h4-14,27H,15-16H2,1-3H3,(H,26,30). The molecule has 176 valence electrons. The Labute approximate surface area is 198 Å². The normalized spacial score (nSPS) is 11.5. The topological polar surface area (TPSA) is 106 Å². The zero-order valence-corrected chi connectivity index (χ0v) is 20.0. The number of nitrogens with zero attached hydrogens (tertiary/aromatic N) is 2. The van der Waals surface area contributed by atoms with Crippen LogP contribution in [0.5, 0.6) is 0 Å². The fourth-order valence-corrected chi connectivity index (χ4v) is 4.71. The fourth-order valence-electron chi connectivity index (χ4n) is 3.69. The van der Waals surface area contributed by atoms with Gasteiger partial charge in [-0.2, -0.15) is 5.10 Å². The predicted octanol–water partition coefficient (Wildman–Crippen LogP) is 3.80. The number of amides is 1. The van der Waals surface area contributed by atoms with Crippen molar-refractivity contribution in [2.45, 2.75) is 38.8 Å². The van der Waals surface area contributed by atoms with Gasteiger partial charge in [-0.3, -0.25) is 4.79 Å². The van der Waals surface area contributed by atoms with Crippen LogP contribution in [0.3, 0.4) is 0 Å². The lowest BCUT2D eigenvalue weighted by atomic mass is 10.1. The van der Waals surface area contributed by atoms with Crippen molar-refractivity contribution in [3.8, 4) is 5.69 Å². The maximum atomic E-state index is 13.0. The molecule has 34 heavy (non-hydrogen) atoms. The van der Waals surface area contributed by atoms with Gasteiger partial charge < -0.3 is 9.73 Å². The Morgan fingerprint density at radius 2 is 1.76 bits per heavy atom. The highest BCUT2D eigenvalue weighted by molar-refractivity contribution is 7.89. The summed E-state index contributed by atoms with van der Waals surface area (Å²) in [4.78, 5) is 13.0. The summed E-state index contributed by atoms with van der Waals surface area (Å²) < 4.78 is 35.0. The molecule has 4 aromatic rings. The molecule has 4 rings (SSSR count). The van der Waals surface area contributed by atoms with Gasteiger partial charge in [-0.1, -0.05) is 24.3 Å². The fraction of sp³-hybridized carbons (Fsp3) is 0.200. The molecule has 0 bridgehead atoms. The number of carbonyl (C=O) groups excluding carboxylic acids is 1. The molecule has 0 aliphatic rings. The van der Waals surface area contributed by atoms with E-state index < -0.39 is 10.0 Å². The van der Waals surface area contributed by atoms with Crippen LogP contribution in [0.1, 0.15) is 38.6 Å². The lowest BCUT2D eigenvalue weighted by Gasteiger charge is -2.11. The van der Waals surface area contributed by atoms with Crippen LogP contribution >= 0.6 is 0 Å². The van der Waals surface area contributed by atoms with Crippen LogP contribution in [0.15, 0.2) is 76.2 Å². The van der Waals surface area contributed by atoms with Crippen LogP contribution < -0.4 is 10.0 Å². The summed E-state index contributed by atoms with van der Waals surface area (Å²) in [5.74, 6) is 0.141. The maximum absolute atomic E-state index is 13.0. The van der Waals surface area contributed by atoms with E-state index >= 15 is 0 Å². The van der Waals surface area contributed by atoms with E-state index in [-0.39, 0.29) is 23.9 Å². The highest BCUT2D eigenvalue weighted by atomic mass is 32.2. The largest absolute Gasteiger partial charge is 0.468 e. The van der Waals surface area contributed by atoms with Gasteiger partial charge in [0.2, 0.25) is 10.0 Å².